The van der Waals surface area contributed by atoms with Gasteiger partial charge in [-0.2, -0.15) is 15.5 Å². The van der Waals surface area contributed by atoms with Gasteiger partial charge >= 0.3 is 0 Å². The SMILES string of the molecule is CC(=O)N1CCc2c(c(N3CCCc4cc(-c5cnn(C)c5)c(C)cc43)nn2C2CCC3(CC2)CCN(C2CC(COc4ccc(N5CCC6(CC5)C[C@H](C)N(c5ccc(C#N)c(Cl)c5)C6)nn4)C2)CC3)C1. The Morgan fingerprint density at radius 1 is 0.917 bits per heavy atom. The van der Waals surface area contributed by atoms with Crippen LogP contribution in [0.3, 0.4) is 0 Å². The van der Waals surface area contributed by atoms with Crippen LogP contribution in [0.4, 0.5) is 23.0 Å². The molecule has 0 radical (unpaired) electrons. The molecule has 14 nitrogen and oxygen atoms in total. The van der Waals surface area contributed by atoms with Crippen LogP contribution in [0, 0.1) is 35.0 Å². The highest BCUT2D eigenvalue weighted by molar-refractivity contribution is 6.32. The van der Waals surface area contributed by atoms with E-state index in [1.165, 1.54) is 98.1 Å². The van der Waals surface area contributed by atoms with Gasteiger partial charge in [0.05, 0.1) is 36.0 Å². The molecule has 0 unspecified atom stereocenters. The van der Waals surface area contributed by atoms with Crippen molar-refractivity contribution in [3.05, 3.63) is 87.8 Å². The molecule has 5 fully saturated rings. The van der Waals surface area contributed by atoms with E-state index in [2.05, 4.69) is 83.9 Å². The van der Waals surface area contributed by atoms with Crippen molar-refractivity contribution in [3.63, 3.8) is 0 Å². The van der Waals surface area contributed by atoms with E-state index in [-0.39, 0.29) is 11.3 Å². The molecule has 5 aromatic rings. The van der Waals surface area contributed by atoms with Crippen molar-refractivity contribution >= 4 is 40.5 Å². The van der Waals surface area contributed by atoms with Crippen LogP contribution in [-0.2, 0) is 31.2 Å². The average molecular weight is 992 g/mol. The van der Waals surface area contributed by atoms with Gasteiger partial charge in [0.2, 0.25) is 11.8 Å². The van der Waals surface area contributed by atoms with Crippen LogP contribution in [0.1, 0.15) is 125 Å². The van der Waals surface area contributed by atoms with Crippen molar-refractivity contribution < 1.29 is 9.53 Å². The lowest BCUT2D eigenvalue weighted by Gasteiger charge is -2.51. The Hall–Kier alpha value is -5.65. The summed E-state index contributed by atoms with van der Waals surface area (Å²) in [6, 6.07) is 18.3. The number of carbonyl (C=O) groups is 1. The number of amides is 1. The fraction of sp³-hybridized carbons (Fsp3) is 0.579. The predicted molar refractivity (Wildman–Crippen MR) is 282 cm³/mol. The zero-order chi connectivity index (χ0) is 49.3. The summed E-state index contributed by atoms with van der Waals surface area (Å²) in [5.74, 6) is 3.33. The molecule has 7 aliphatic rings. The van der Waals surface area contributed by atoms with Crippen LogP contribution in [0.2, 0.25) is 5.02 Å². The highest BCUT2D eigenvalue weighted by Gasteiger charge is 2.46. The smallest absolute Gasteiger partial charge is 0.233 e. The van der Waals surface area contributed by atoms with Gasteiger partial charge in [-0.1, -0.05) is 11.6 Å². The number of carbonyl (C=O) groups excluding carboxylic acids is 1. The number of aromatic nitrogens is 6. The molecular weight excluding hydrogens is 920 g/mol. The first-order valence-corrected chi connectivity index (χ1v) is 27.5. The second kappa shape index (κ2) is 19.0. The number of aryl methyl sites for hydroxylation is 3. The summed E-state index contributed by atoms with van der Waals surface area (Å²) in [6.45, 7) is 14.6. The number of rotatable bonds is 9. The number of fused-ring (bicyclic) bond motifs is 2. The lowest BCUT2D eigenvalue weighted by atomic mass is 9.66. The molecule has 0 N–H and O–H groups in total. The number of ether oxygens (including phenoxy) is 1. The number of benzene rings is 2. The van der Waals surface area contributed by atoms with Crippen LogP contribution in [-0.4, -0.2) is 110 Å². The number of piperidine rings is 2. The quantitative estimate of drug-likeness (QED) is 0.140. The van der Waals surface area contributed by atoms with Crippen molar-refractivity contribution in [2.24, 2.45) is 23.8 Å². The van der Waals surface area contributed by atoms with Crippen LogP contribution < -0.4 is 19.4 Å². The summed E-state index contributed by atoms with van der Waals surface area (Å²) in [5.41, 5.74) is 11.2. The van der Waals surface area contributed by atoms with Gasteiger partial charge in [0, 0.05) is 106 Å². The fourth-order valence-electron chi connectivity index (χ4n) is 14.3. The topological polar surface area (TPSA) is 128 Å². The van der Waals surface area contributed by atoms with Gasteiger partial charge < -0.3 is 29.2 Å². The van der Waals surface area contributed by atoms with Gasteiger partial charge in [-0.25, -0.2) is 0 Å². The molecule has 3 saturated heterocycles. The first kappa shape index (κ1) is 47.4. The molecule has 72 heavy (non-hydrogen) atoms. The standard InChI is InChI=1S/C57H71ClN12O2/c1-38-26-52-42(29-48(38)44-33-60-64(4)34-44)6-5-20-68(52)55-49-35-67(40(3)71)21-13-51(49)70(63-55)45-11-14-56(15-12-45)16-22-65(23-17-56)47-27-41(28-47)36-72-54-10-9-53(61-62-54)66-24-18-57(19-25-66)31-39(2)69(37-57)46-8-7-43(32-59)50(58)30-46/h7-10,26,29-30,33-34,39,41,45,47H,5-6,11-25,27-28,31,35-37H2,1-4H3/t39-,41?,47?/m0/s1. The Morgan fingerprint density at radius 3 is 2.42 bits per heavy atom. The van der Waals surface area contributed by atoms with Crippen molar-refractivity contribution in [2.45, 2.75) is 135 Å². The largest absolute Gasteiger partial charge is 0.476 e. The Kier molecular flexibility index (Phi) is 12.5. The molecule has 2 spiro atoms. The maximum atomic E-state index is 12.8. The molecule has 2 aromatic carbocycles. The van der Waals surface area contributed by atoms with E-state index in [9.17, 15) is 10.1 Å². The zero-order valence-corrected chi connectivity index (χ0v) is 43.6. The summed E-state index contributed by atoms with van der Waals surface area (Å²) in [7, 11) is 1.98. The monoisotopic (exact) mass is 991 g/mol. The molecule has 5 aliphatic heterocycles. The zero-order valence-electron chi connectivity index (χ0n) is 42.8. The number of nitriles is 1. The Bertz CT molecular complexity index is 2850. The van der Waals surface area contributed by atoms with Crippen LogP contribution in [0.25, 0.3) is 11.1 Å². The first-order valence-electron chi connectivity index (χ1n) is 27.1. The summed E-state index contributed by atoms with van der Waals surface area (Å²) >= 11 is 6.41. The highest BCUT2D eigenvalue weighted by Crippen LogP contribution is 2.51. The van der Waals surface area contributed by atoms with E-state index in [1.54, 1.807) is 6.92 Å². The van der Waals surface area contributed by atoms with Crippen molar-refractivity contribution in [1.82, 2.24) is 39.6 Å². The number of halogens is 1. The van der Waals surface area contributed by atoms with Gasteiger partial charge in [0.25, 0.3) is 0 Å². The first-order chi connectivity index (χ1) is 34.9. The second-order valence-electron chi connectivity index (χ2n) is 23.1. The third kappa shape index (κ3) is 8.90. The fourth-order valence-corrected chi connectivity index (χ4v) is 14.5. The number of anilines is 4. The molecule has 3 aromatic heterocycles. The number of hydrogen-bond acceptors (Lipinski definition) is 11. The van der Waals surface area contributed by atoms with E-state index < -0.39 is 0 Å². The molecule has 2 aliphatic carbocycles. The Balaban J connectivity index is 0.612. The Morgan fingerprint density at radius 2 is 1.71 bits per heavy atom. The summed E-state index contributed by atoms with van der Waals surface area (Å²) in [6.07, 6.45) is 20.3. The molecular formula is C57H71ClN12O2. The van der Waals surface area contributed by atoms with Crippen molar-refractivity contribution in [3.8, 4) is 23.1 Å². The molecule has 378 valence electrons. The van der Waals surface area contributed by atoms with Gasteiger partial charge in [-0.3, -0.25) is 14.2 Å². The van der Waals surface area contributed by atoms with Gasteiger partial charge in [0.1, 0.15) is 6.07 Å². The molecule has 1 amide bonds. The van der Waals surface area contributed by atoms with Crippen LogP contribution in [0.5, 0.6) is 5.88 Å². The Labute approximate surface area is 430 Å². The van der Waals surface area contributed by atoms with Gasteiger partial charge in [-0.15, -0.1) is 10.2 Å². The second-order valence-corrected chi connectivity index (χ2v) is 23.5. The van der Waals surface area contributed by atoms with Gasteiger partial charge in [-0.05, 0) is 180 Å². The van der Waals surface area contributed by atoms with Crippen LogP contribution in [0.15, 0.2) is 54.9 Å². The third-order valence-corrected chi connectivity index (χ3v) is 19.0. The average Bonchev–Trinajstić information content (AvgIpc) is 4.08. The predicted octanol–water partition coefficient (Wildman–Crippen LogP) is 9.84. The minimum Gasteiger partial charge on any atom is -0.476 e. The summed E-state index contributed by atoms with van der Waals surface area (Å²) < 4.78 is 10.6. The van der Waals surface area contributed by atoms with Crippen molar-refractivity contribution in [2.75, 3.05) is 67.1 Å². The minimum atomic E-state index is 0.146. The molecule has 1 atom stereocenters. The van der Waals surface area contributed by atoms with Gasteiger partial charge in [0.15, 0.2) is 11.6 Å². The lowest BCUT2D eigenvalue weighted by Crippen LogP contribution is -2.51. The summed E-state index contributed by atoms with van der Waals surface area (Å²) in [5, 5.41) is 29.1. The lowest BCUT2D eigenvalue weighted by molar-refractivity contribution is -0.129. The number of hydrogen-bond donors (Lipinski definition) is 0. The summed E-state index contributed by atoms with van der Waals surface area (Å²) in [4.78, 5) is 24.9. The maximum Gasteiger partial charge on any atom is 0.233 e. The number of nitrogens with zero attached hydrogens (tertiary/aromatic N) is 12. The maximum absolute atomic E-state index is 12.8. The van der Waals surface area contributed by atoms with E-state index in [1.807, 2.05) is 47.1 Å². The molecule has 12 rings (SSSR count). The van der Waals surface area contributed by atoms with Crippen molar-refractivity contribution in [1.29, 1.82) is 5.26 Å². The van der Waals surface area contributed by atoms with E-state index in [0.717, 1.165) is 94.1 Å². The normalized spacial score (nSPS) is 24.0. The third-order valence-electron chi connectivity index (χ3n) is 18.7. The molecule has 15 heteroatoms. The number of likely N-dealkylation sites (tertiary alicyclic amines) is 1. The van der Waals surface area contributed by atoms with E-state index >= 15 is 0 Å². The van der Waals surface area contributed by atoms with Crippen LogP contribution >= 0.6 is 11.6 Å². The highest BCUT2D eigenvalue weighted by atomic mass is 35.5. The van der Waals surface area contributed by atoms with E-state index in [0.29, 0.717) is 59.1 Å². The van der Waals surface area contributed by atoms with E-state index in [4.69, 9.17) is 21.4 Å². The molecule has 2 saturated carbocycles. The minimum absolute atomic E-state index is 0.146. The molecule has 8 heterocycles. The molecule has 0 bridgehead atoms.